The van der Waals surface area contributed by atoms with Crippen LogP contribution in [0.15, 0.2) is 74.2 Å². The van der Waals surface area contributed by atoms with E-state index in [1.807, 2.05) is 18.2 Å². The highest BCUT2D eigenvalue weighted by atomic mass is 79.9. The van der Waals surface area contributed by atoms with Crippen LogP contribution >= 0.6 is 55.1 Å². The summed E-state index contributed by atoms with van der Waals surface area (Å²) in [6, 6.07) is 14.7. The molecule has 0 saturated heterocycles. The van der Waals surface area contributed by atoms with Crippen molar-refractivity contribution < 1.29 is 19.2 Å². The second-order valence-electron chi connectivity index (χ2n) is 6.95. The number of carbonyl (C=O) groups excluding carboxylic acids is 1. The van der Waals surface area contributed by atoms with Crippen LogP contribution in [0.1, 0.15) is 16.7 Å². The molecule has 1 aliphatic rings. The molecule has 0 aromatic heterocycles. The van der Waals surface area contributed by atoms with E-state index in [1.54, 1.807) is 18.2 Å². The third-order valence-electron chi connectivity index (χ3n) is 4.67. The molecule has 0 unspecified atom stereocenters. The van der Waals surface area contributed by atoms with Gasteiger partial charge < -0.3 is 9.47 Å². The Morgan fingerprint density at radius 2 is 1.76 bits per heavy atom. The van der Waals surface area contributed by atoms with Gasteiger partial charge in [-0.2, -0.15) is 0 Å². The SMILES string of the molecule is O=C1OC(c2cc([N+](=O)[O-])ccc2Cl)=N/C1=C\c1cc(Br)c(OCc2ccccc2Cl)c(Br)c1. The second kappa shape index (κ2) is 10.3. The normalized spacial score (nSPS) is 14.2. The van der Waals surface area contributed by atoms with Gasteiger partial charge in [-0.3, -0.25) is 10.1 Å². The van der Waals surface area contributed by atoms with Gasteiger partial charge in [-0.05, 0) is 67.8 Å². The maximum absolute atomic E-state index is 12.4. The fourth-order valence-corrected chi connectivity index (χ4v) is 4.88. The summed E-state index contributed by atoms with van der Waals surface area (Å²) in [6.07, 6.45) is 1.52. The molecule has 1 aliphatic heterocycles. The van der Waals surface area contributed by atoms with Gasteiger partial charge in [-0.15, -0.1) is 0 Å². The van der Waals surface area contributed by atoms with Crippen LogP contribution in [0, 0.1) is 10.1 Å². The van der Waals surface area contributed by atoms with Gasteiger partial charge in [-0.25, -0.2) is 9.79 Å². The van der Waals surface area contributed by atoms with Crippen LogP contribution in [0.25, 0.3) is 6.08 Å². The predicted octanol–water partition coefficient (Wildman–Crippen LogP) is 7.35. The molecule has 0 bridgehead atoms. The lowest BCUT2D eigenvalue weighted by Crippen LogP contribution is -2.06. The molecule has 0 fully saturated rings. The highest BCUT2D eigenvalue weighted by Crippen LogP contribution is 2.37. The quantitative estimate of drug-likeness (QED) is 0.123. The fourth-order valence-electron chi connectivity index (χ4n) is 3.04. The van der Waals surface area contributed by atoms with Crippen molar-refractivity contribution in [1.29, 1.82) is 0 Å². The maximum Gasteiger partial charge on any atom is 0.363 e. The summed E-state index contributed by atoms with van der Waals surface area (Å²) in [7, 11) is 0. The van der Waals surface area contributed by atoms with E-state index >= 15 is 0 Å². The highest BCUT2D eigenvalue weighted by Gasteiger charge is 2.27. The predicted molar refractivity (Wildman–Crippen MR) is 136 cm³/mol. The molecule has 3 aromatic rings. The van der Waals surface area contributed by atoms with Gasteiger partial charge >= 0.3 is 5.97 Å². The molecule has 0 radical (unpaired) electrons. The lowest BCUT2D eigenvalue weighted by atomic mass is 10.2. The number of non-ortho nitro benzene ring substituents is 1. The Balaban J connectivity index is 1.60. The van der Waals surface area contributed by atoms with Crippen molar-refractivity contribution >= 4 is 78.7 Å². The Morgan fingerprint density at radius 3 is 2.44 bits per heavy atom. The van der Waals surface area contributed by atoms with Crippen LogP contribution in [0.5, 0.6) is 5.75 Å². The molecular formula is C23H12Br2Cl2N2O5. The van der Waals surface area contributed by atoms with E-state index in [9.17, 15) is 14.9 Å². The number of nitro groups is 1. The number of carbonyl (C=O) groups is 1. The minimum absolute atomic E-state index is 0.0149. The van der Waals surface area contributed by atoms with Crippen molar-refractivity contribution in [2.75, 3.05) is 0 Å². The van der Waals surface area contributed by atoms with E-state index in [2.05, 4.69) is 36.9 Å². The highest BCUT2D eigenvalue weighted by molar-refractivity contribution is 9.11. The summed E-state index contributed by atoms with van der Waals surface area (Å²) >= 11 is 19.3. The molecule has 0 saturated carbocycles. The van der Waals surface area contributed by atoms with Gasteiger partial charge in [-0.1, -0.05) is 41.4 Å². The average molecular weight is 627 g/mol. The standard InChI is InChI=1S/C23H12Br2Cl2N2O5/c24-16-7-12(8-17(25)21(16)33-11-13-3-1-2-4-18(13)26)9-20-23(30)34-22(28-20)15-10-14(29(31)32)5-6-19(15)27/h1-10H,11H2/b20-9-. The number of nitrogens with zero attached hydrogens (tertiary/aromatic N) is 2. The minimum Gasteiger partial charge on any atom is -0.486 e. The van der Waals surface area contributed by atoms with Gasteiger partial charge in [0.2, 0.25) is 5.90 Å². The zero-order valence-electron chi connectivity index (χ0n) is 16.9. The molecular weight excluding hydrogens is 615 g/mol. The lowest BCUT2D eigenvalue weighted by Gasteiger charge is -2.12. The zero-order valence-corrected chi connectivity index (χ0v) is 21.6. The fraction of sp³-hybridized carbons (Fsp3) is 0.0435. The Hall–Kier alpha value is -2.72. The number of esters is 1. The number of hydrogen-bond donors (Lipinski definition) is 0. The molecule has 1 heterocycles. The molecule has 0 amide bonds. The third-order valence-corrected chi connectivity index (χ3v) is 6.54. The summed E-state index contributed by atoms with van der Waals surface area (Å²) in [6.45, 7) is 0.265. The van der Waals surface area contributed by atoms with E-state index in [4.69, 9.17) is 32.7 Å². The summed E-state index contributed by atoms with van der Waals surface area (Å²) in [5.74, 6) is -0.254. The van der Waals surface area contributed by atoms with Gasteiger partial charge in [0.1, 0.15) is 12.4 Å². The average Bonchev–Trinajstić information content (AvgIpc) is 3.14. The number of aliphatic imine (C=N–C) groups is 1. The smallest absolute Gasteiger partial charge is 0.363 e. The summed E-state index contributed by atoms with van der Waals surface area (Å²) in [5, 5.41) is 11.8. The van der Waals surface area contributed by atoms with Crippen molar-refractivity contribution in [2.24, 2.45) is 4.99 Å². The molecule has 4 rings (SSSR count). The van der Waals surface area contributed by atoms with Crippen LogP contribution in [-0.2, 0) is 16.1 Å². The second-order valence-corrected chi connectivity index (χ2v) is 9.47. The first-order valence-corrected chi connectivity index (χ1v) is 11.9. The molecule has 0 N–H and O–H groups in total. The first kappa shape index (κ1) is 24.4. The topological polar surface area (TPSA) is 91.0 Å². The van der Waals surface area contributed by atoms with Crippen molar-refractivity contribution in [3.05, 3.63) is 106 Å². The molecule has 3 aromatic carbocycles. The van der Waals surface area contributed by atoms with Crippen molar-refractivity contribution in [3.8, 4) is 5.75 Å². The molecule has 172 valence electrons. The number of benzene rings is 3. The van der Waals surface area contributed by atoms with Crippen LogP contribution in [0.4, 0.5) is 5.69 Å². The number of cyclic esters (lactones) is 1. The molecule has 34 heavy (non-hydrogen) atoms. The van der Waals surface area contributed by atoms with E-state index in [0.717, 1.165) is 5.56 Å². The summed E-state index contributed by atoms with van der Waals surface area (Å²) in [4.78, 5) is 27.1. The molecule has 0 atom stereocenters. The Bertz CT molecular complexity index is 1370. The first-order chi connectivity index (χ1) is 16.2. The van der Waals surface area contributed by atoms with Crippen molar-refractivity contribution in [2.45, 2.75) is 6.61 Å². The minimum atomic E-state index is -0.705. The molecule has 0 spiro atoms. The Kier molecular flexibility index (Phi) is 7.37. The molecule has 7 nitrogen and oxygen atoms in total. The van der Waals surface area contributed by atoms with Crippen LogP contribution in [0.2, 0.25) is 10.0 Å². The van der Waals surface area contributed by atoms with Gasteiger partial charge in [0.25, 0.3) is 5.69 Å². The Morgan fingerprint density at radius 1 is 1.06 bits per heavy atom. The first-order valence-electron chi connectivity index (χ1n) is 9.55. The van der Waals surface area contributed by atoms with Gasteiger partial charge in [0.05, 0.1) is 24.5 Å². The summed E-state index contributed by atoms with van der Waals surface area (Å²) in [5.41, 5.74) is 1.44. The van der Waals surface area contributed by atoms with Crippen LogP contribution in [0.3, 0.4) is 0 Å². The van der Waals surface area contributed by atoms with Crippen LogP contribution < -0.4 is 4.74 Å². The lowest BCUT2D eigenvalue weighted by molar-refractivity contribution is -0.384. The monoisotopic (exact) mass is 624 g/mol. The van der Waals surface area contributed by atoms with Crippen molar-refractivity contribution in [3.63, 3.8) is 0 Å². The number of nitro benzene ring substituents is 1. The van der Waals surface area contributed by atoms with E-state index in [1.165, 1.54) is 24.3 Å². The van der Waals surface area contributed by atoms with Crippen molar-refractivity contribution in [1.82, 2.24) is 0 Å². The van der Waals surface area contributed by atoms with Crippen LogP contribution in [-0.4, -0.2) is 16.8 Å². The number of ether oxygens (including phenoxy) is 2. The maximum atomic E-state index is 12.4. The van der Waals surface area contributed by atoms with E-state index in [0.29, 0.717) is 25.3 Å². The number of hydrogen-bond acceptors (Lipinski definition) is 6. The number of rotatable bonds is 6. The third kappa shape index (κ3) is 5.33. The molecule has 0 aliphatic carbocycles. The summed E-state index contributed by atoms with van der Waals surface area (Å²) < 4.78 is 12.4. The zero-order chi connectivity index (χ0) is 24.4. The van der Waals surface area contributed by atoms with E-state index < -0.39 is 10.9 Å². The van der Waals surface area contributed by atoms with E-state index in [-0.39, 0.29) is 34.5 Å². The molecule has 11 heteroatoms. The number of halogens is 4. The van der Waals surface area contributed by atoms with Gasteiger partial charge in [0, 0.05) is 22.7 Å². The van der Waals surface area contributed by atoms with Gasteiger partial charge in [0.15, 0.2) is 5.70 Å². The largest absolute Gasteiger partial charge is 0.486 e. The Labute approximate surface area is 220 Å².